The van der Waals surface area contributed by atoms with Gasteiger partial charge in [0.05, 0.1) is 13.2 Å². The Balaban J connectivity index is 1.23. The van der Waals surface area contributed by atoms with Crippen molar-refractivity contribution in [3.63, 3.8) is 0 Å². The maximum absolute atomic E-state index is 5.42. The maximum Gasteiger partial charge on any atom is 0.134 e. The van der Waals surface area contributed by atoms with Crippen molar-refractivity contribution in [1.29, 1.82) is 0 Å². The number of nitrogens with zero attached hydrogens (tertiary/aromatic N) is 6. The first-order chi connectivity index (χ1) is 14.7. The molecule has 30 heavy (non-hydrogen) atoms. The van der Waals surface area contributed by atoms with Gasteiger partial charge in [0.25, 0.3) is 0 Å². The van der Waals surface area contributed by atoms with Crippen molar-refractivity contribution in [2.75, 3.05) is 75.1 Å². The summed E-state index contributed by atoms with van der Waals surface area (Å²) < 4.78 is 5.42. The standard InChI is InChI=1S/C21H32N8O/c1-16-26-18(13-19(22-2)27-16)17-3-6-28(7-4-17)8-5-23-20-14-21(25-15-24-20)29-9-11-30-12-10-29/h13-15,17H,3-12H2,1-2H3,(H,22,26,27)(H,23,24,25). The second-order valence-electron chi connectivity index (χ2n) is 7.88. The Hall–Kier alpha value is -2.52. The number of piperidine rings is 1. The first-order valence-electron chi connectivity index (χ1n) is 10.9. The fourth-order valence-electron chi connectivity index (χ4n) is 4.13. The monoisotopic (exact) mass is 412 g/mol. The lowest BCUT2D eigenvalue weighted by molar-refractivity contribution is 0.122. The summed E-state index contributed by atoms with van der Waals surface area (Å²) in [6.45, 7) is 9.30. The van der Waals surface area contributed by atoms with Crippen LogP contribution in [0, 0.1) is 6.92 Å². The number of anilines is 3. The van der Waals surface area contributed by atoms with Gasteiger partial charge in [0.15, 0.2) is 0 Å². The molecule has 2 aromatic rings. The van der Waals surface area contributed by atoms with Gasteiger partial charge < -0.3 is 25.2 Å². The van der Waals surface area contributed by atoms with Crippen molar-refractivity contribution in [3.05, 3.63) is 30.0 Å². The van der Waals surface area contributed by atoms with Crippen LogP contribution in [0.15, 0.2) is 18.5 Å². The number of likely N-dealkylation sites (tertiary alicyclic amines) is 1. The number of rotatable bonds is 7. The molecule has 2 fully saturated rings. The number of morpholine rings is 1. The number of hydrogen-bond acceptors (Lipinski definition) is 9. The average Bonchev–Trinajstić information content (AvgIpc) is 2.80. The first kappa shape index (κ1) is 20.7. The minimum atomic E-state index is 0.515. The Bertz CT molecular complexity index is 818. The highest BCUT2D eigenvalue weighted by Crippen LogP contribution is 2.27. The van der Waals surface area contributed by atoms with Gasteiger partial charge in [-0.3, -0.25) is 0 Å². The number of ether oxygens (including phenoxy) is 1. The van der Waals surface area contributed by atoms with Crippen LogP contribution in [-0.2, 0) is 4.74 Å². The summed E-state index contributed by atoms with van der Waals surface area (Å²) in [7, 11) is 1.91. The smallest absolute Gasteiger partial charge is 0.134 e. The number of aryl methyl sites for hydroxylation is 1. The topological polar surface area (TPSA) is 91.3 Å². The molecule has 4 rings (SSSR count). The Morgan fingerprint density at radius 1 is 1.03 bits per heavy atom. The maximum atomic E-state index is 5.42. The fraction of sp³-hybridized carbons (Fsp3) is 0.619. The zero-order valence-electron chi connectivity index (χ0n) is 18.0. The molecule has 0 radical (unpaired) electrons. The lowest BCUT2D eigenvalue weighted by Gasteiger charge is -2.32. The van der Waals surface area contributed by atoms with Gasteiger partial charge in [-0.2, -0.15) is 0 Å². The molecule has 0 unspecified atom stereocenters. The Morgan fingerprint density at radius 2 is 1.83 bits per heavy atom. The highest BCUT2D eigenvalue weighted by molar-refractivity contribution is 5.48. The highest BCUT2D eigenvalue weighted by Gasteiger charge is 2.22. The predicted molar refractivity (Wildman–Crippen MR) is 118 cm³/mol. The van der Waals surface area contributed by atoms with Crippen molar-refractivity contribution < 1.29 is 4.74 Å². The van der Waals surface area contributed by atoms with E-state index in [0.717, 1.165) is 88.6 Å². The highest BCUT2D eigenvalue weighted by atomic mass is 16.5. The van der Waals surface area contributed by atoms with E-state index in [9.17, 15) is 0 Å². The van der Waals surface area contributed by atoms with E-state index >= 15 is 0 Å². The molecule has 9 heteroatoms. The molecule has 0 aliphatic carbocycles. The molecule has 2 aromatic heterocycles. The minimum absolute atomic E-state index is 0.515. The number of hydrogen-bond donors (Lipinski definition) is 2. The van der Waals surface area contributed by atoms with E-state index in [2.05, 4.69) is 46.4 Å². The molecule has 4 heterocycles. The molecule has 2 aliphatic rings. The van der Waals surface area contributed by atoms with E-state index in [1.54, 1.807) is 6.33 Å². The summed E-state index contributed by atoms with van der Waals surface area (Å²) in [5.41, 5.74) is 1.17. The second-order valence-corrected chi connectivity index (χ2v) is 7.88. The molecule has 9 nitrogen and oxygen atoms in total. The van der Waals surface area contributed by atoms with Crippen molar-refractivity contribution in [3.8, 4) is 0 Å². The molecule has 0 bridgehead atoms. The molecule has 2 aliphatic heterocycles. The van der Waals surface area contributed by atoms with Gasteiger partial charge in [-0.1, -0.05) is 0 Å². The van der Waals surface area contributed by atoms with E-state index < -0.39 is 0 Å². The zero-order chi connectivity index (χ0) is 20.8. The lowest BCUT2D eigenvalue weighted by atomic mass is 9.93. The largest absolute Gasteiger partial charge is 0.378 e. The summed E-state index contributed by atoms with van der Waals surface area (Å²) >= 11 is 0. The predicted octanol–water partition coefficient (Wildman–Crippen LogP) is 1.74. The van der Waals surface area contributed by atoms with Gasteiger partial charge in [-0.25, -0.2) is 19.9 Å². The van der Waals surface area contributed by atoms with Gasteiger partial charge in [0.1, 0.15) is 29.6 Å². The minimum Gasteiger partial charge on any atom is -0.378 e. The Kier molecular flexibility index (Phi) is 6.91. The molecular formula is C21H32N8O. The van der Waals surface area contributed by atoms with Crippen LogP contribution in [0.3, 0.4) is 0 Å². The molecule has 162 valence electrons. The van der Waals surface area contributed by atoms with Crippen LogP contribution in [-0.4, -0.2) is 84.4 Å². The van der Waals surface area contributed by atoms with Crippen LogP contribution in [0.4, 0.5) is 17.5 Å². The molecule has 0 atom stereocenters. The SMILES string of the molecule is CNc1cc(C2CCN(CCNc3cc(N4CCOCC4)ncn3)CC2)nc(C)n1. The summed E-state index contributed by atoms with van der Waals surface area (Å²) in [4.78, 5) is 22.6. The third-order valence-corrected chi connectivity index (χ3v) is 5.84. The normalized spacial score (nSPS) is 18.4. The van der Waals surface area contributed by atoms with Gasteiger partial charge in [-0.05, 0) is 32.9 Å². The molecule has 0 amide bonds. The molecule has 0 spiro atoms. The van der Waals surface area contributed by atoms with Gasteiger partial charge in [0, 0.05) is 57.0 Å². The van der Waals surface area contributed by atoms with Crippen LogP contribution < -0.4 is 15.5 Å². The van der Waals surface area contributed by atoms with E-state index in [1.807, 2.05) is 20.0 Å². The quantitative estimate of drug-likeness (QED) is 0.705. The van der Waals surface area contributed by atoms with Crippen LogP contribution in [0.2, 0.25) is 0 Å². The van der Waals surface area contributed by atoms with E-state index in [1.165, 1.54) is 5.69 Å². The lowest BCUT2D eigenvalue weighted by Crippen LogP contribution is -2.37. The Morgan fingerprint density at radius 3 is 2.60 bits per heavy atom. The summed E-state index contributed by atoms with van der Waals surface area (Å²) in [6, 6.07) is 4.13. The van der Waals surface area contributed by atoms with E-state index in [0.29, 0.717) is 5.92 Å². The zero-order valence-corrected chi connectivity index (χ0v) is 18.0. The molecule has 2 N–H and O–H groups in total. The van der Waals surface area contributed by atoms with Crippen molar-refractivity contribution in [1.82, 2.24) is 24.8 Å². The van der Waals surface area contributed by atoms with E-state index in [4.69, 9.17) is 4.74 Å². The molecule has 2 saturated heterocycles. The molecule has 0 aromatic carbocycles. The van der Waals surface area contributed by atoms with Gasteiger partial charge >= 0.3 is 0 Å². The fourth-order valence-corrected chi connectivity index (χ4v) is 4.13. The van der Waals surface area contributed by atoms with Crippen molar-refractivity contribution >= 4 is 17.5 Å². The van der Waals surface area contributed by atoms with Crippen LogP contribution >= 0.6 is 0 Å². The summed E-state index contributed by atoms with van der Waals surface area (Å²) in [5.74, 6) is 4.12. The third kappa shape index (κ3) is 5.34. The Labute approximate surface area is 178 Å². The van der Waals surface area contributed by atoms with E-state index in [-0.39, 0.29) is 0 Å². The van der Waals surface area contributed by atoms with Gasteiger partial charge in [0.2, 0.25) is 0 Å². The number of aromatic nitrogens is 4. The van der Waals surface area contributed by atoms with Crippen LogP contribution in [0.5, 0.6) is 0 Å². The summed E-state index contributed by atoms with van der Waals surface area (Å²) in [5, 5.41) is 6.59. The first-order valence-corrected chi connectivity index (χ1v) is 10.9. The molecule has 0 saturated carbocycles. The van der Waals surface area contributed by atoms with Crippen LogP contribution in [0.25, 0.3) is 0 Å². The summed E-state index contributed by atoms with van der Waals surface area (Å²) in [6.07, 6.45) is 3.91. The van der Waals surface area contributed by atoms with Crippen molar-refractivity contribution in [2.24, 2.45) is 0 Å². The third-order valence-electron chi connectivity index (χ3n) is 5.84. The number of nitrogens with one attached hydrogen (secondary N) is 2. The van der Waals surface area contributed by atoms with Crippen molar-refractivity contribution in [2.45, 2.75) is 25.7 Å². The average molecular weight is 413 g/mol. The van der Waals surface area contributed by atoms with Gasteiger partial charge in [-0.15, -0.1) is 0 Å². The van der Waals surface area contributed by atoms with Crippen LogP contribution in [0.1, 0.15) is 30.3 Å². The second kappa shape index (κ2) is 9.99. The molecular weight excluding hydrogens is 380 g/mol.